The average Bonchev–Trinajstić information content (AvgIpc) is 3.74. The number of unbranched alkanes of at least 4 members (excludes halogenated alkanes) is 1. The molecule has 4 rings (SSSR count). The molecule has 2 atom stereocenters. The Balaban J connectivity index is 1.52. The highest BCUT2D eigenvalue weighted by atomic mass is 32.2. The third-order valence-corrected chi connectivity index (χ3v) is 20.7. The van der Waals surface area contributed by atoms with E-state index >= 15 is 0 Å². The summed E-state index contributed by atoms with van der Waals surface area (Å²) in [5.74, 6) is 31.0. The van der Waals surface area contributed by atoms with Gasteiger partial charge in [-0.05, 0) is 94.2 Å². The molecule has 3 aliphatic rings. The standard InChI is InChI=1S/C41H53NO5SSi2/c1-40(2,3)49(8,9)45-28-22-18-14-12-13-16-20-24-32-33(25-21-17-15-19-23-29-46-50(10,11)41(4,5)6)38-36-26-27-37(47-36)39(38)35-31-42(30-34(32)35)48(7,43)44/h26-27,36-37H,13,16,21,25,28-31H2,1-11H3. The second-order valence-corrected chi connectivity index (χ2v) is 27.7. The Labute approximate surface area is 304 Å². The Morgan fingerprint density at radius 3 is 1.76 bits per heavy atom. The van der Waals surface area contributed by atoms with E-state index in [2.05, 4.69) is 139 Å². The molecular formula is C41H53NO5SSi2. The summed E-state index contributed by atoms with van der Waals surface area (Å²) < 4.78 is 45.4. The second-order valence-electron chi connectivity index (χ2n) is 16.1. The maximum atomic E-state index is 12.7. The summed E-state index contributed by atoms with van der Waals surface area (Å²) in [5.41, 5.74) is 6.25. The average molecular weight is 728 g/mol. The SMILES string of the molecule is CC(C)(C)[Si](C)(C)OCC#CC#CCCC#Cc1c2c(c3c(c1CCC#CC#CCO[Si](C)(C)C(C)(C)C)C1C=CC3O1)CN(S(C)(=O)=O)C2. The minimum atomic E-state index is -3.39. The van der Waals surface area contributed by atoms with Crippen LogP contribution < -0.4 is 0 Å². The summed E-state index contributed by atoms with van der Waals surface area (Å²) in [5, 5.41) is 0.281. The predicted molar refractivity (Wildman–Crippen MR) is 208 cm³/mol. The Bertz CT molecular complexity index is 1940. The van der Waals surface area contributed by atoms with Crippen LogP contribution in [-0.4, -0.2) is 48.8 Å². The van der Waals surface area contributed by atoms with Crippen molar-refractivity contribution in [3.8, 4) is 59.2 Å². The van der Waals surface area contributed by atoms with E-state index in [1.54, 1.807) is 0 Å². The highest BCUT2D eigenvalue weighted by molar-refractivity contribution is 7.88. The number of benzene rings is 1. The molecule has 0 fully saturated rings. The first-order chi connectivity index (χ1) is 23.2. The molecule has 6 nitrogen and oxygen atoms in total. The molecule has 0 saturated carbocycles. The maximum absolute atomic E-state index is 12.7. The van der Waals surface area contributed by atoms with Crippen molar-refractivity contribution in [3.05, 3.63) is 45.5 Å². The van der Waals surface area contributed by atoms with E-state index in [0.29, 0.717) is 52.0 Å². The van der Waals surface area contributed by atoms with Gasteiger partial charge in [0.2, 0.25) is 10.0 Å². The molecule has 9 heteroatoms. The van der Waals surface area contributed by atoms with Crippen molar-refractivity contribution in [1.82, 2.24) is 4.31 Å². The van der Waals surface area contributed by atoms with Crippen LogP contribution >= 0.6 is 0 Å². The first-order valence-corrected chi connectivity index (χ1v) is 25.1. The number of fused-ring (bicyclic) bond motifs is 7. The zero-order valence-corrected chi connectivity index (χ0v) is 34.7. The summed E-state index contributed by atoms with van der Waals surface area (Å²) in [6.07, 6.45) is 7.54. The summed E-state index contributed by atoms with van der Waals surface area (Å²) in [4.78, 5) is 0. The van der Waals surface area contributed by atoms with Crippen LogP contribution in [0.5, 0.6) is 0 Å². The fourth-order valence-electron chi connectivity index (χ4n) is 5.50. The van der Waals surface area contributed by atoms with Crippen molar-refractivity contribution in [1.29, 1.82) is 0 Å². The van der Waals surface area contributed by atoms with E-state index < -0.39 is 26.7 Å². The van der Waals surface area contributed by atoms with Gasteiger partial charge in [0, 0.05) is 37.9 Å². The molecule has 2 unspecified atom stereocenters. The number of ether oxygens (including phenoxy) is 1. The van der Waals surface area contributed by atoms with Gasteiger partial charge in [0.1, 0.15) is 12.2 Å². The maximum Gasteiger partial charge on any atom is 0.211 e. The number of sulfonamides is 1. The number of hydrogen-bond acceptors (Lipinski definition) is 5. The van der Waals surface area contributed by atoms with Crippen LogP contribution in [0, 0.1) is 59.2 Å². The van der Waals surface area contributed by atoms with Gasteiger partial charge in [0.25, 0.3) is 0 Å². The number of hydrogen-bond donors (Lipinski definition) is 0. The van der Waals surface area contributed by atoms with Crippen LogP contribution in [0.15, 0.2) is 12.2 Å². The smallest absolute Gasteiger partial charge is 0.211 e. The molecule has 0 aromatic heterocycles. The fourth-order valence-corrected chi connectivity index (χ4v) is 7.96. The van der Waals surface area contributed by atoms with Crippen LogP contribution in [-0.2, 0) is 43.1 Å². The Hall–Kier alpha value is -3.02. The van der Waals surface area contributed by atoms with E-state index in [4.69, 9.17) is 13.6 Å². The topological polar surface area (TPSA) is 65.1 Å². The van der Waals surface area contributed by atoms with E-state index in [1.165, 1.54) is 10.6 Å². The van der Waals surface area contributed by atoms with Gasteiger partial charge < -0.3 is 13.6 Å². The minimum Gasteiger partial charge on any atom is -0.406 e. The summed E-state index contributed by atoms with van der Waals surface area (Å²) >= 11 is 0. The van der Waals surface area contributed by atoms with Gasteiger partial charge >= 0.3 is 0 Å². The van der Waals surface area contributed by atoms with Crippen LogP contribution in [0.1, 0.15) is 106 Å². The Morgan fingerprint density at radius 1 is 0.740 bits per heavy atom. The lowest BCUT2D eigenvalue weighted by Crippen LogP contribution is -2.40. The van der Waals surface area contributed by atoms with Crippen LogP contribution in [0.3, 0.4) is 0 Å². The quantitative estimate of drug-likeness (QED) is 0.119. The molecule has 0 amide bonds. The van der Waals surface area contributed by atoms with E-state index in [1.807, 2.05) is 0 Å². The third kappa shape index (κ3) is 9.45. The van der Waals surface area contributed by atoms with Gasteiger partial charge in [-0.2, -0.15) is 4.31 Å². The van der Waals surface area contributed by atoms with Gasteiger partial charge in [-0.25, -0.2) is 8.42 Å². The van der Waals surface area contributed by atoms with Crippen molar-refractivity contribution >= 4 is 26.7 Å². The molecule has 0 aliphatic carbocycles. The first kappa shape index (κ1) is 39.8. The van der Waals surface area contributed by atoms with Gasteiger partial charge in [-0.15, -0.1) is 0 Å². The van der Waals surface area contributed by atoms with Crippen LogP contribution in [0.4, 0.5) is 0 Å². The summed E-state index contributed by atoms with van der Waals surface area (Å²) in [6.45, 7) is 23.5. The highest BCUT2D eigenvalue weighted by Gasteiger charge is 2.43. The first-order valence-electron chi connectivity index (χ1n) is 17.4. The molecule has 1 aromatic carbocycles. The zero-order chi connectivity index (χ0) is 37.0. The summed E-state index contributed by atoms with van der Waals surface area (Å²) in [6, 6.07) is 0. The van der Waals surface area contributed by atoms with Crippen molar-refractivity contribution in [2.24, 2.45) is 0 Å². The van der Waals surface area contributed by atoms with Crippen molar-refractivity contribution in [3.63, 3.8) is 0 Å². The van der Waals surface area contributed by atoms with Crippen LogP contribution in [0.25, 0.3) is 0 Å². The molecule has 0 spiro atoms. The molecule has 3 heterocycles. The van der Waals surface area contributed by atoms with Crippen molar-refractivity contribution < 1.29 is 22.0 Å². The molecule has 2 bridgehead atoms. The third-order valence-electron chi connectivity index (χ3n) is 10.6. The molecule has 0 N–H and O–H groups in total. The van der Waals surface area contributed by atoms with E-state index in [-0.39, 0.29) is 22.3 Å². The zero-order valence-electron chi connectivity index (χ0n) is 31.9. The normalized spacial score (nSPS) is 17.9. The second kappa shape index (κ2) is 15.7. The lowest BCUT2D eigenvalue weighted by Gasteiger charge is -2.35. The number of nitrogens with zero attached hydrogens (tertiary/aromatic N) is 1. The monoisotopic (exact) mass is 727 g/mol. The highest BCUT2D eigenvalue weighted by Crippen LogP contribution is 2.52. The molecule has 0 saturated heterocycles. The van der Waals surface area contributed by atoms with Gasteiger partial charge in [-0.1, -0.05) is 89.2 Å². The Morgan fingerprint density at radius 2 is 1.22 bits per heavy atom. The van der Waals surface area contributed by atoms with E-state index in [9.17, 15) is 8.42 Å². The fraction of sp³-hybridized carbons (Fsp3) is 0.561. The predicted octanol–water partition coefficient (Wildman–Crippen LogP) is 7.77. The molecule has 266 valence electrons. The van der Waals surface area contributed by atoms with Gasteiger partial charge in [0.15, 0.2) is 16.6 Å². The molecule has 1 aromatic rings. The van der Waals surface area contributed by atoms with Crippen molar-refractivity contribution in [2.45, 2.75) is 129 Å². The minimum absolute atomic E-state index is 0.135. The molecule has 0 radical (unpaired) electrons. The molecule has 50 heavy (non-hydrogen) atoms. The Kier molecular flexibility index (Phi) is 12.5. The molecular weight excluding hydrogens is 675 g/mol. The van der Waals surface area contributed by atoms with Crippen LogP contribution in [0.2, 0.25) is 36.3 Å². The van der Waals surface area contributed by atoms with Gasteiger partial charge in [-0.3, -0.25) is 0 Å². The largest absolute Gasteiger partial charge is 0.406 e. The van der Waals surface area contributed by atoms with Gasteiger partial charge in [0.05, 0.1) is 19.5 Å². The van der Waals surface area contributed by atoms with E-state index in [0.717, 1.165) is 33.4 Å². The lowest BCUT2D eigenvalue weighted by atomic mass is 9.81. The lowest BCUT2D eigenvalue weighted by molar-refractivity contribution is 0.0872. The van der Waals surface area contributed by atoms with Crippen molar-refractivity contribution in [2.75, 3.05) is 19.5 Å². The summed E-state index contributed by atoms with van der Waals surface area (Å²) in [7, 11) is -7.07. The number of rotatable bonds is 8. The molecule has 3 aliphatic heterocycles.